The van der Waals surface area contributed by atoms with Crippen LogP contribution in [0.4, 0.5) is 0 Å². The lowest BCUT2D eigenvalue weighted by Gasteiger charge is -2.42. The van der Waals surface area contributed by atoms with Gasteiger partial charge in [0.25, 0.3) is 0 Å². The van der Waals surface area contributed by atoms with E-state index in [0.717, 1.165) is 12.0 Å². The molecular weight excluding hydrogens is 228 g/mol. The van der Waals surface area contributed by atoms with Crippen molar-refractivity contribution in [3.05, 3.63) is 11.6 Å². The summed E-state index contributed by atoms with van der Waals surface area (Å²) in [5.74, 6) is 0.508. The predicted octanol–water partition coefficient (Wildman–Crippen LogP) is 3.72. The van der Waals surface area contributed by atoms with E-state index in [-0.39, 0.29) is 11.1 Å². The molecule has 0 saturated heterocycles. The molecule has 0 aromatic carbocycles. The fraction of sp³-hybridized carbons (Fsp3) is 0.857. The van der Waals surface area contributed by atoms with Gasteiger partial charge in [-0.15, -0.1) is 0 Å². The predicted molar refractivity (Wildman–Crippen MR) is 75.6 cm³/mol. The van der Waals surface area contributed by atoms with Gasteiger partial charge in [0.2, 0.25) is 0 Å². The summed E-state index contributed by atoms with van der Waals surface area (Å²) in [5.41, 5.74) is 1.06. The van der Waals surface area contributed by atoms with Gasteiger partial charge in [0.15, 0.2) is 8.32 Å². The van der Waals surface area contributed by atoms with Gasteiger partial charge < -0.3 is 9.53 Å². The number of aliphatic hydroxyl groups is 1. The molecule has 0 saturated carbocycles. The zero-order valence-electron chi connectivity index (χ0n) is 12.4. The Kier molecular flexibility index (Phi) is 4.27. The van der Waals surface area contributed by atoms with E-state index in [1.165, 1.54) is 0 Å². The Balaban J connectivity index is 2.80. The van der Waals surface area contributed by atoms with E-state index in [2.05, 4.69) is 46.9 Å². The number of hydrogen-bond donors (Lipinski definition) is 1. The number of hydrogen-bond acceptors (Lipinski definition) is 2. The average Bonchev–Trinajstić information content (AvgIpc) is 2.11. The van der Waals surface area contributed by atoms with Gasteiger partial charge in [-0.3, -0.25) is 0 Å². The van der Waals surface area contributed by atoms with Crippen LogP contribution in [0.15, 0.2) is 11.6 Å². The molecule has 1 aliphatic rings. The maximum absolute atomic E-state index is 10.2. The molecule has 0 fully saturated rings. The van der Waals surface area contributed by atoms with Crippen molar-refractivity contribution in [2.24, 2.45) is 5.92 Å². The van der Waals surface area contributed by atoms with Crippen LogP contribution in [0.5, 0.6) is 0 Å². The Labute approximate surface area is 107 Å². The van der Waals surface area contributed by atoms with E-state index >= 15 is 0 Å². The molecule has 0 aromatic heterocycles. The van der Waals surface area contributed by atoms with Crippen LogP contribution < -0.4 is 0 Å². The molecule has 0 bridgehead atoms. The fourth-order valence-electron chi connectivity index (χ4n) is 2.07. The van der Waals surface area contributed by atoms with Crippen molar-refractivity contribution in [2.75, 3.05) is 0 Å². The molecule has 3 atom stereocenters. The van der Waals surface area contributed by atoms with Crippen LogP contribution in [0, 0.1) is 5.92 Å². The molecule has 0 heterocycles. The first kappa shape index (κ1) is 14.9. The summed E-state index contributed by atoms with van der Waals surface area (Å²) >= 11 is 0. The Morgan fingerprint density at radius 2 is 1.88 bits per heavy atom. The van der Waals surface area contributed by atoms with Crippen LogP contribution in [0.1, 0.15) is 41.0 Å². The summed E-state index contributed by atoms with van der Waals surface area (Å²) in [5, 5.41) is 10.4. The third-order valence-corrected chi connectivity index (χ3v) is 8.73. The van der Waals surface area contributed by atoms with E-state index in [4.69, 9.17) is 4.43 Å². The van der Waals surface area contributed by atoms with E-state index in [1.807, 2.05) is 6.92 Å². The summed E-state index contributed by atoms with van der Waals surface area (Å²) in [6, 6.07) is 0. The summed E-state index contributed by atoms with van der Waals surface area (Å²) < 4.78 is 6.34. The molecule has 100 valence electrons. The van der Waals surface area contributed by atoms with E-state index in [1.54, 1.807) is 0 Å². The van der Waals surface area contributed by atoms with Crippen LogP contribution in [0.25, 0.3) is 0 Å². The summed E-state index contributed by atoms with van der Waals surface area (Å²) in [7, 11) is -1.78. The topological polar surface area (TPSA) is 29.5 Å². The smallest absolute Gasteiger partial charge is 0.192 e. The minimum absolute atomic E-state index is 0.0177. The van der Waals surface area contributed by atoms with Gasteiger partial charge in [-0.05, 0) is 43.0 Å². The SMILES string of the molecule is CC1=C[C@H](C)C[C@@H](O[Si](C)(C)C(C)(C)C)[C@H]1O. The minimum Gasteiger partial charge on any atom is -0.411 e. The van der Waals surface area contributed by atoms with E-state index in [0.29, 0.717) is 5.92 Å². The minimum atomic E-state index is -1.78. The quantitative estimate of drug-likeness (QED) is 0.602. The molecule has 0 aromatic rings. The molecule has 0 radical (unpaired) electrons. The molecule has 2 nitrogen and oxygen atoms in total. The Hall–Kier alpha value is -0.123. The molecule has 3 heteroatoms. The van der Waals surface area contributed by atoms with Crippen molar-refractivity contribution in [2.45, 2.75) is 71.4 Å². The van der Waals surface area contributed by atoms with Crippen molar-refractivity contribution >= 4 is 8.32 Å². The Morgan fingerprint density at radius 1 is 1.35 bits per heavy atom. The number of aliphatic hydroxyl groups excluding tert-OH is 1. The first-order chi connectivity index (χ1) is 7.54. The van der Waals surface area contributed by atoms with Gasteiger partial charge >= 0.3 is 0 Å². The normalized spacial score (nSPS) is 31.3. The van der Waals surface area contributed by atoms with Gasteiger partial charge in [-0.25, -0.2) is 0 Å². The maximum atomic E-state index is 10.2. The van der Waals surface area contributed by atoms with Gasteiger partial charge in [0.05, 0.1) is 12.2 Å². The third-order valence-electron chi connectivity index (χ3n) is 4.22. The maximum Gasteiger partial charge on any atom is 0.192 e. The molecule has 0 amide bonds. The molecular formula is C14H28O2Si. The molecule has 0 unspecified atom stereocenters. The van der Waals surface area contributed by atoms with Crippen molar-refractivity contribution in [1.82, 2.24) is 0 Å². The van der Waals surface area contributed by atoms with Crippen LogP contribution >= 0.6 is 0 Å². The van der Waals surface area contributed by atoms with Crippen LogP contribution in [0.2, 0.25) is 18.1 Å². The zero-order valence-corrected chi connectivity index (χ0v) is 13.4. The van der Waals surface area contributed by atoms with Crippen molar-refractivity contribution in [1.29, 1.82) is 0 Å². The van der Waals surface area contributed by atoms with Crippen LogP contribution in [0.3, 0.4) is 0 Å². The molecule has 17 heavy (non-hydrogen) atoms. The monoisotopic (exact) mass is 256 g/mol. The van der Waals surface area contributed by atoms with Gasteiger partial charge in [0, 0.05) is 0 Å². The van der Waals surface area contributed by atoms with E-state index in [9.17, 15) is 5.11 Å². The Morgan fingerprint density at radius 3 is 2.35 bits per heavy atom. The summed E-state index contributed by atoms with van der Waals surface area (Å²) in [6.45, 7) is 15.4. The lowest BCUT2D eigenvalue weighted by Crippen LogP contribution is -2.48. The highest BCUT2D eigenvalue weighted by Crippen LogP contribution is 2.39. The highest BCUT2D eigenvalue weighted by atomic mass is 28.4. The summed E-state index contributed by atoms with van der Waals surface area (Å²) in [6.07, 6.45) is 2.66. The number of allylic oxidation sites excluding steroid dienone is 1. The van der Waals surface area contributed by atoms with Crippen molar-refractivity contribution < 1.29 is 9.53 Å². The molecule has 0 aliphatic heterocycles. The van der Waals surface area contributed by atoms with Gasteiger partial charge in [-0.1, -0.05) is 33.8 Å². The number of rotatable bonds is 2. The molecule has 0 spiro atoms. The largest absolute Gasteiger partial charge is 0.411 e. The first-order valence-corrected chi connectivity index (χ1v) is 9.49. The molecule has 1 aliphatic carbocycles. The lowest BCUT2D eigenvalue weighted by atomic mass is 9.88. The Bertz CT molecular complexity index is 302. The molecule has 1 N–H and O–H groups in total. The summed E-state index contributed by atoms with van der Waals surface area (Å²) in [4.78, 5) is 0. The van der Waals surface area contributed by atoms with Gasteiger partial charge in [0.1, 0.15) is 0 Å². The fourth-order valence-corrected chi connectivity index (χ4v) is 3.41. The third kappa shape index (κ3) is 3.43. The van der Waals surface area contributed by atoms with Gasteiger partial charge in [-0.2, -0.15) is 0 Å². The van der Waals surface area contributed by atoms with Crippen LogP contribution in [-0.2, 0) is 4.43 Å². The van der Waals surface area contributed by atoms with Crippen LogP contribution in [-0.4, -0.2) is 25.6 Å². The second kappa shape index (κ2) is 4.86. The molecule has 1 rings (SSSR count). The average molecular weight is 256 g/mol. The second-order valence-corrected chi connectivity index (χ2v) is 11.7. The highest BCUT2D eigenvalue weighted by molar-refractivity contribution is 6.74. The standard InChI is InChI=1S/C14H28O2Si/c1-10-8-11(2)13(15)12(9-10)16-17(6,7)14(3,4)5/h8,10,12-13,15H,9H2,1-7H3/t10-,12+,13-/m0/s1. The lowest BCUT2D eigenvalue weighted by molar-refractivity contribution is 0.0311. The van der Waals surface area contributed by atoms with Crippen molar-refractivity contribution in [3.63, 3.8) is 0 Å². The zero-order chi connectivity index (χ0) is 13.4. The first-order valence-electron chi connectivity index (χ1n) is 6.59. The van der Waals surface area contributed by atoms with Crippen molar-refractivity contribution in [3.8, 4) is 0 Å². The highest BCUT2D eigenvalue weighted by Gasteiger charge is 2.41. The van der Waals surface area contributed by atoms with E-state index < -0.39 is 14.4 Å². The second-order valence-electron chi connectivity index (χ2n) is 6.99.